The third kappa shape index (κ3) is 2.85. The van der Waals surface area contributed by atoms with Gasteiger partial charge in [-0.15, -0.1) is 0 Å². The number of nitrogens with one attached hydrogen (secondary N) is 1. The molecule has 0 fully saturated rings. The minimum Gasteiger partial charge on any atom is -0.393 e. The molecule has 17 heavy (non-hydrogen) atoms. The first kappa shape index (κ1) is 11.7. The molecule has 0 spiro atoms. The molecule has 0 aliphatic carbocycles. The van der Waals surface area contributed by atoms with Crippen molar-refractivity contribution in [2.75, 3.05) is 17.6 Å². The van der Waals surface area contributed by atoms with Crippen LogP contribution in [0.5, 0.6) is 0 Å². The largest absolute Gasteiger partial charge is 0.393 e. The molecule has 3 N–H and O–H groups in total. The highest BCUT2D eigenvalue weighted by molar-refractivity contribution is 6.32. The number of nitrogens with two attached hydrogens (primary N) is 1. The first-order valence-electron chi connectivity index (χ1n) is 5.15. The molecule has 6 nitrogen and oxygen atoms in total. The number of nitrogens with zero attached hydrogens (tertiary/aromatic N) is 4. The molecule has 2 aromatic heterocycles. The van der Waals surface area contributed by atoms with Gasteiger partial charge in [-0.2, -0.15) is 5.10 Å². The second kappa shape index (κ2) is 5.01. The molecule has 2 rings (SSSR count). The zero-order valence-corrected chi connectivity index (χ0v) is 10.1. The van der Waals surface area contributed by atoms with Crippen molar-refractivity contribution >= 4 is 23.1 Å². The first-order valence-corrected chi connectivity index (χ1v) is 5.53. The highest BCUT2D eigenvalue weighted by Crippen LogP contribution is 2.21. The Morgan fingerprint density at radius 1 is 1.47 bits per heavy atom. The Morgan fingerprint density at radius 3 is 3.00 bits per heavy atom. The summed E-state index contributed by atoms with van der Waals surface area (Å²) in [6, 6.07) is 0. The van der Waals surface area contributed by atoms with Gasteiger partial charge in [0, 0.05) is 12.7 Å². The molecule has 0 saturated heterocycles. The molecule has 2 aromatic rings. The first-order chi connectivity index (χ1) is 8.16. The second-order valence-electron chi connectivity index (χ2n) is 3.63. The van der Waals surface area contributed by atoms with Crippen LogP contribution in [0.25, 0.3) is 0 Å². The van der Waals surface area contributed by atoms with Gasteiger partial charge in [0.25, 0.3) is 0 Å². The summed E-state index contributed by atoms with van der Waals surface area (Å²) in [5.41, 5.74) is 7.22. The van der Waals surface area contributed by atoms with E-state index >= 15 is 0 Å². The lowest BCUT2D eigenvalue weighted by atomic mass is 10.4. The average molecular weight is 253 g/mol. The summed E-state index contributed by atoms with van der Waals surface area (Å²) in [5.74, 6) is 0.550. The molecule has 0 unspecified atom stereocenters. The van der Waals surface area contributed by atoms with Gasteiger partial charge < -0.3 is 11.1 Å². The fourth-order valence-electron chi connectivity index (χ4n) is 1.39. The van der Waals surface area contributed by atoms with Crippen LogP contribution in [0.15, 0.2) is 18.7 Å². The van der Waals surface area contributed by atoms with Crippen LogP contribution in [0.4, 0.5) is 11.5 Å². The SMILES string of the molecule is Cc1cnn(CCNc2ncnc(Cl)c2N)c1. The van der Waals surface area contributed by atoms with Crippen LogP contribution in [-0.2, 0) is 6.54 Å². The summed E-state index contributed by atoms with van der Waals surface area (Å²) in [7, 11) is 0. The number of nitrogen functional groups attached to an aromatic ring is 1. The number of hydrogen-bond donors (Lipinski definition) is 2. The molecule has 2 heterocycles. The Labute approximate surface area is 104 Å². The van der Waals surface area contributed by atoms with E-state index in [-0.39, 0.29) is 5.15 Å². The number of anilines is 2. The monoisotopic (exact) mass is 252 g/mol. The maximum atomic E-state index is 5.78. The third-order valence-corrected chi connectivity index (χ3v) is 2.53. The third-order valence-electron chi connectivity index (χ3n) is 2.23. The van der Waals surface area contributed by atoms with Gasteiger partial charge in [0.15, 0.2) is 11.0 Å². The summed E-state index contributed by atoms with van der Waals surface area (Å²) in [4.78, 5) is 7.79. The molecule has 90 valence electrons. The Kier molecular flexibility index (Phi) is 3.43. The molecule has 0 radical (unpaired) electrons. The van der Waals surface area contributed by atoms with Gasteiger partial charge in [-0.05, 0) is 12.5 Å². The van der Waals surface area contributed by atoms with Crippen molar-refractivity contribution in [1.29, 1.82) is 0 Å². The normalized spacial score (nSPS) is 10.5. The Hall–Kier alpha value is -1.82. The van der Waals surface area contributed by atoms with Crippen molar-refractivity contribution in [2.45, 2.75) is 13.5 Å². The van der Waals surface area contributed by atoms with Crippen molar-refractivity contribution in [3.8, 4) is 0 Å². The smallest absolute Gasteiger partial charge is 0.157 e. The summed E-state index contributed by atoms with van der Waals surface area (Å²) in [5, 5.41) is 7.53. The molecule has 0 amide bonds. The Morgan fingerprint density at radius 2 is 2.29 bits per heavy atom. The Bertz CT molecular complexity index is 509. The molecular formula is C10H13ClN6. The quantitative estimate of drug-likeness (QED) is 0.803. The summed E-state index contributed by atoms with van der Waals surface area (Å²) >= 11 is 5.78. The standard InChI is InChI=1S/C10H13ClN6/c1-7-4-16-17(5-7)3-2-13-10-8(12)9(11)14-6-15-10/h4-6H,2-3,12H2,1H3,(H,13,14,15). The Balaban J connectivity index is 1.92. The number of rotatable bonds is 4. The molecule has 0 aliphatic heterocycles. The maximum Gasteiger partial charge on any atom is 0.157 e. The van der Waals surface area contributed by atoms with Gasteiger partial charge >= 0.3 is 0 Å². The van der Waals surface area contributed by atoms with E-state index in [4.69, 9.17) is 17.3 Å². The number of hydrogen-bond acceptors (Lipinski definition) is 5. The molecule has 0 bridgehead atoms. The fourth-order valence-corrected chi connectivity index (χ4v) is 1.53. The van der Waals surface area contributed by atoms with Crippen LogP contribution < -0.4 is 11.1 Å². The molecule has 0 aliphatic rings. The highest BCUT2D eigenvalue weighted by Gasteiger charge is 2.04. The van der Waals surface area contributed by atoms with Crippen molar-refractivity contribution in [2.24, 2.45) is 0 Å². The topological polar surface area (TPSA) is 81.7 Å². The van der Waals surface area contributed by atoms with Crippen LogP contribution in [0.2, 0.25) is 5.15 Å². The lowest BCUT2D eigenvalue weighted by Gasteiger charge is -2.08. The van der Waals surface area contributed by atoms with E-state index in [0.717, 1.165) is 12.1 Å². The molecule has 0 saturated carbocycles. The van der Waals surface area contributed by atoms with E-state index in [1.165, 1.54) is 6.33 Å². The minimum atomic E-state index is 0.262. The van der Waals surface area contributed by atoms with Crippen LogP contribution in [0, 0.1) is 6.92 Å². The van der Waals surface area contributed by atoms with Gasteiger partial charge in [-0.3, -0.25) is 4.68 Å². The van der Waals surface area contributed by atoms with Crippen molar-refractivity contribution in [3.05, 3.63) is 29.4 Å². The minimum absolute atomic E-state index is 0.262. The molecule has 7 heteroatoms. The zero-order chi connectivity index (χ0) is 12.3. The molecule has 0 aromatic carbocycles. The lowest BCUT2D eigenvalue weighted by molar-refractivity contribution is 0.637. The van der Waals surface area contributed by atoms with Gasteiger partial charge in [0.1, 0.15) is 12.0 Å². The van der Waals surface area contributed by atoms with E-state index in [9.17, 15) is 0 Å². The van der Waals surface area contributed by atoms with Crippen LogP contribution in [-0.4, -0.2) is 26.3 Å². The average Bonchev–Trinajstić information content (AvgIpc) is 2.70. The van der Waals surface area contributed by atoms with Crippen LogP contribution >= 0.6 is 11.6 Å². The summed E-state index contributed by atoms with van der Waals surface area (Å²) < 4.78 is 1.85. The number of halogens is 1. The van der Waals surface area contributed by atoms with Crippen LogP contribution in [0.1, 0.15) is 5.56 Å². The van der Waals surface area contributed by atoms with Gasteiger partial charge in [-0.25, -0.2) is 9.97 Å². The van der Waals surface area contributed by atoms with Crippen molar-refractivity contribution in [1.82, 2.24) is 19.7 Å². The van der Waals surface area contributed by atoms with E-state index in [1.807, 2.05) is 24.0 Å². The van der Waals surface area contributed by atoms with E-state index in [1.54, 1.807) is 0 Å². The van der Waals surface area contributed by atoms with Gasteiger partial charge in [0.2, 0.25) is 0 Å². The van der Waals surface area contributed by atoms with Gasteiger partial charge in [-0.1, -0.05) is 11.6 Å². The second-order valence-corrected chi connectivity index (χ2v) is 3.99. The number of aryl methyl sites for hydroxylation is 1. The fraction of sp³-hybridized carbons (Fsp3) is 0.300. The molecular weight excluding hydrogens is 240 g/mol. The summed E-state index contributed by atoms with van der Waals surface area (Å²) in [6.45, 7) is 3.40. The predicted molar refractivity (Wildman–Crippen MR) is 66.9 cm³/mol. The van der Waals surface area contributed by atoms with Crippen LogP contribution in [0.3, 0.4) is 0 Å². The predicted octanol–water partition coefficient (Wildman–Crippen LogP) is 1.33. The van der Waals surface area contributed by atoms with Crippen molar-refractivity contribution in [3.63, 3.8) is 0 Å². The van der Waals surface area contributed by atoms with Gasteiger partial charge in [0.05, 0.1) is 12.7 Å². The van der Waals surface area contributed by atoms with Crippen molar-refractivity contribution < 1.29 is 0 Å². The number of aromatic nitrogens is 4. The maximum absolute atomic E-state index is 5.78. The summed E-state index contributed by atoms with van der Waals surface area (Å²) in [6.07, 6.45) is 5.16. The van der Waals surface area contributed by atoms with E-state index < -0.39 is 0 Å². The molecule has 0 atom stereocenters. The van der Waals surface area contributed by atoms with E-state index in [0.29, 0.717) is 18.1 Å². The zero-order valence-electron chi connectivity index (χ0n) is 9.39. The highest BCUT2D eigenvalue weighted by atomic mass is 35.5. The lowest BCUT2D eigenvalue weighted by Crippen LogP contribution is -2.13. The van der Waals surface area contributed by atoms with E-state index in [2.05, 4.69) is 20.4 Å².